The van der Waals surface area contributed by atoms with Gasteiger partial charge in [-0.25, -0.2) is 0 Å². The van der Waals surface area contributed by atoms with E-state index in [0.29, 0.717) is 45.0 Å². The standard InChI is InChI=1S/C22H28N4O4/c1-25-17(13-21(27)26-9-11-29-12-10-26)7-8-18(25)15-23-22(28)19-14-20(30-24-19)16-5-3-2-4-6-16/h2-6,14,17-18H,7-13,15H2,1H3,(H,23,28)/t17-,18+/m1/s1. The van der Waals surface area contributed by atoms with Crippen LogP contribution in [0.2, 0.25) is 0 Å². The fourth-order valence-corrected chi connectivity index (χ4v) is 4.15. The molecular weight excluding hydrogens is 384 g/mol. The molecule has 2 saturated heterocycles. The van der Waals surface area contributed by atoms with Gasteiger partial charge in [0, 0.05) is 49.8 Å². The van der Waals surface area contributed by atoms with E-state index in [1.165, 1.54) is 0 Å². The average Bonchev–Trinajstić information content (AvgIpc) is 3.41. The van der Waals surface area contributed by atoms with Crippen LogP contribution in [-0.2, 0) is 9.53 Å². The molecule has 0 spiro atoms. The van der Waals surface area contributed by atoms with Gasteiger partial charge in [0.15, 0.2) is 11.5 Å². The Labute approximate surface area is 176 Å². The van der Waals surface area contributed by atoms with Gasteiger partial charge in [-0.05, 0) is 19.9 Å². The van der Waals surface area contributed by atoms with Crippen LogP contribution in [0.25, 0.3) is 11.3 Å². The number of rotatable bonds is 6. The van der Waals surface area contributed by atoms with Crippen LogP contribution in [0, 0.1) is 0 Å². The minimum atomic E-state index is -0.248. The topological polar surface area (TPSA) is 87.9 Å². The number of ether oxygens (including phenoxy) is 1. The van der Waals surface area contributed by atoms with Crippen molar-refractivity contribution in [3.63, 3.8) is 0 Å². The van der Waals surface area contributed by atoms with Gasteiger partial charge < -0.3 is 19.5 Å². The number of hydrogen-bond donors (Lipinski definition) is 1. The number of amides is 2. The van der Waals surface area contributed by atoms with Crippen LogP contribution < -0.4 is 5.32 Å². The first kappa shape index (κ1) is 20.6. The minimum absolute atomic E-state index is 0.191. The number of likely N-dealkylation sites (tertiary alicyclic amines) is 1. The van der Waals surface area contributed by atoms with Gasteiger partial charge in [-0.15, -0.1) is 0 Å². The lowest BCUT2D eigenvalue weighted by molar-refractivity contribution is -0.136. The third-order valence-electron chi connectivity index (χ3n) is 6.06. The second kappa shape index (κ2) is 9.40. The molecule has 160 valence electrons. The Kier molecular flexibility index (Phi) is 6.44. The molecule has 2 fully saturated rings. The second-order valence-electron chi connectivity index (χ2n) is 7.90. The van der Waals surface area contributed by atoms with Gasteiger partial charge in [0.1, 0.15) is 0 Å². The molecular formula is C22H28N4O4. The Morgan fingerprint density at radius 2 is 1.87 bits per heavy atom. The van der Waals surface area contributed by atoms with E-state index in [4.69, 9.17) is 9.26 Å². The van der Waals surface area contributed by atoms with Crippen molar-refractivity contribution in [3.8, 4) is 11.3 Å². The van der Waals surface area contributed by atoms with Gasteiger partial charge in [0.25, 0.3) is 5.91 Å². The third kappa shape index (κ3) is 4.71. The summed E-state index contributed by atoms with van der Waals surface area (Å²) in [6.07, 6.45) is 2.42. The molecule has 0 bridgehead atoms. The second-order valence-corrected chi connectivity index (χ2v) is 7.90. The summed E-state index contributed by atoms with van der Waals surface area (Å²) in [5.41, 5.74) is 1.15. The van der Waals surface area contributed by atoms with Gasteiger partial charge >= 0.3 is 0 Å². The lowest BCUT2D eigenvalue weighted by atomic mass is 10.1. The SMILES string of the molecule is CN1[C@@H](CC(=O)N2CCOCC2)CC[C@H]1CNC(=O)c1cc(-c2ccccc2)on1. The van der Waals surface area contributed by atoms with Crippen molar-refractivity contribution in [2.45, 2.75) is 31.3 Å². The number of aromatic nitrogens is 1. The molecule has 3 heterocycles. The van der Waals surface area contributed by atoms with Crippen molar-refractivity contribution in [1.82, 2.24) is 20.3 Å². The highest BCUT2D eigenvalue weighted by atomic mass is 16.5. The van der Waals surface area contributed by atoms with Crippen LogP contribution in [0.5, 0.6) is 0 Å². The molecule has 2 amide bonds. The predicted octanol–water partition coefficient (Wildman–Crippen LogP) is 1.78. The summed E-state index contributed by atoms with van der Waals surface area (Å²) in [6, 6.07) is 11.6. The number of benzene rings is 1. The van der Waals surface area contributed by atoms with Gasteiger partial charge in [0.05, 0.1) is 13.2 Å². The van der Waals surface area contributed by atoms with Gasteiger partial charge in [-0.1, -0.05) is 35.5 Å². The van der Waals surface area contributed by atoms with E-state index in [1.807, 2.05) is 42.3 Å². The largest absolute Gasteiger partial charge is 0.378 e. The molecule has 2 aliphatic rings. The van der Waals surface area contributed by atoms with Crippen molar-refractivity contribution in [3.05, 3.63) is 42.1 Å². The molecule has 2 atom stereocenters. The van der Waals surface area contributed by atoms with E-state index in [2.05, 4.69) is 15.4 Å². The lowest BCUT2D eigenvalue weighted by Crippen LogP contribution is -2.45. The lowest BCUT2D eigenvalue weighted by Gasteiger charge is -2.30. The fraction of sp³-hybridized carbons (Fsp3) is 0.500. The molecule has 1 N–H and O–H groups in total. The molecule has 2 aliphatic heterocycles. The summed E-state index contributed by atoms with van der Waals surface area (Å²) >= 11 is 0. The van der Waals surface area contributed by atoms with Crippen LogP contribution in [-0.4, -0.2) is 78.8 Å². The molecule has 30 heavy (non-hydrogen) atoms. The Balaban J connectivity index is 1.26. The smallest absolute Gasteiger partial charge is 0.273 e. The summed E-state index contributed by atoms with van der Waals surface area (Å²) < 4.78 is 10.6. The van der Waals surface area contributed by atoms with Gasteiger partial charge in [-0.3, -0.25) is 14.5 Å². The molecule has 1 aromatic carbocycles. The first-order valence-corrected chi connectivity index (χ1v) is 10.5. The average molecular weight is 412 g/mol. The van der Waals surface area contributed by atoms with E-state index < -0.39 is 0 Å². The highest BCUT2D eigenvalue weighted by Crippen LogP contribution is 2.25. The molecule has 0 saturated carbocycles. The number of morpholine rings is 1. The zero-order chi connectivity index (χ0) is 20.9. The maximum Gasteiger partial charge on any atom is 0.273 e. The molecule has 0 unspecified atom stereocenters. The van der Waals surface area contributed by atoms with E-state index in [9.17, 15) is 9.59 Å². The highest BCUT2D eigenvalue weighted by molar-refractivity contribution is 5.93. The van der Waals surface area contributed by atoms with Gasteiger partial charge in [0.2, 0.25) is 5.91 Å². The first-order valence-electron chi connectivity index (χ1n) is 10.5. The maximum absolute atomic E-state index is 12.5. The van der Waals surface area contributed by atoms with E-state index in [-0.39, 0.29) is 29.6 Å². The summed E-state index contributed by atoms with van der Waals surface area (Å²) in [7, 11) is 2.03. The third-order valence-corrected chi connectivity index (χ3v) is 6.06. The quantitative estimate of drug-likeness (QED) is 0.778. The first-order chi connectivity index (χ1) is 14.6. The molecule has 2 aromatic rings. The molecule has 0 aliphatic carbocycles. The van der Waals surface area contributed by atoms with Crippen molar-refractivity contribution < 1.29 is 18.8 Å². The number of carbonyl (C=O) groups excluding carboxylic acids is 2. The summed E-state index contributed by atoms with van der Waals surface area (Å²) in [5, 5.41) is 6.86. The van der Waals surface area contributed by atoms with Crippen LogP contribution in [0.1, 0.15) is 29.8 Å². The zero-order valence-corrected chi connectivity index (χ0v) is 17.3. The maximum atomic E-state index is 12.5. The predicted molar refractivity (Wildman–Crippen MR) is 111 cm³/mol. The zero-order valence-electron chi connectivity index (χ0n) is 17.3. The van der Waals surface area contributed by atoms with E-state index in [0.717, 1.165) is 18.4 Å². The Hall–Kier alpha value is -2.71. The van der Waals surface area contributed by atoms with Crippen molar-refractivity contribution in [2.75, 3.05) is 39.9 Å². The number of carbonyl (C=O) groups is 2. The molecule has 0 radical (unpaired) electrons. The fourth-order valence-electron chi connectivity index (χ4n) is 4.15. The molecule has 8 heteroatoms. The van der Waals surface area contributed by atoms with Crippen LogP contribution in [0.4, 0.5) is 0 Å². The Morgan fingerprint density at radius 1 is 1.13 bits per heavy atom. The number of likely N-dealkylation sites (N-methyl/N-ethyl adjacent to an activating group) is 1. The molecule has 4 rings (SSSR count). The van der Waals surface area contributed by atoms with Crippen molar-refractivity contribution >= 4 is 11.8 Å². The Morgan fingerprint density at radius 3 is 2.63 bits per heavy atom. The normalized spacial score (nSPS) is 22.2. The number of hydrogen-bond acceptors (Lipinski definition) is 6. The summed E-state index contributed by atoms with van der Waals surface area (Å²) in [5.74, 6) is 0.512. The van der Waals surface area contributed by atoms with Crippen LogP contribution >= 0.6 is 0 Å². The monoisotopic (exact) mass is 412 g/mol. The number of nitrogens with one attached hydrogen (secondary N) is 1. The number of nitrogens with zero attached hydrogens (tertiary/aromatic N) is 3. The van der Waals surface area contributed by atoms with E-state index in [1.54, 1.807) is 6.07 Å². The van der Waals surface area contributed by atoms with Gasteiger partial charge in [-0.2, -0.15) is 0 Å². The minimum Gasteiger partial charge on any atom is -0.378 e. The highest BCUT2D eigenvalue weighted by Gasteiger charge is 2.33. The van der Waals surface area contributed by atoms with Crippen molar-refractivity contribution in [1.29, 1.82) is 0 Å². The summed E-state index contributed by atoms with van der Waals surface area (Å²) in [6.45, 7) is 3.11. The van der Waals surface area contributed by atoms with Crippen LogP contribution in [0.15, 0.2) is 40.9 Å². The summed E-state index contributed by atoms with van der Waals surface area (Å²) in [4.78, 5) is 29.1. The van der Waals surface area contributed by atoms with Crippen molar-refractivity contribution in [2.24, 2.45) is 0 Å². The van der Waals surface area contributed by atoms with Crippen LogP contribution in [0.3, 0.4) is 0 Å². The molecule has 8 nitrogen and oxygen atoms in total. The molecule has 1 aromatic heterocycles. The Bertz CT molecular complexity index is 863. The van der Waals surface area contributed by atoms with E-state index >= 15 is 0 Å².